The average Bonchev–Trinajstić information content (AvgIpc) is 3.49. The van der Waals surface area contributed by atoms with Crippen LogP contribution in [0.15, 0.2) is 0 Å². The summed E-state index contributed by atoms with van der Waals surface area (Å²) in [5.41, 5.74) is 1.64. The third kappa shape index (κ3) is 3.03. The molecule has 1 aliphatic carbocycles. The number of rotatable bonds is 5. The molecule has 0 spiro atoms. The molecule has 4 heterocycles. The molecule has 0 N–H and O–H groups in total. The molecule has 31 heavy (non-hydrogen) atoms. The Balaban J connectivity index is 1.56. The molecule has 3 aliphatic heterocycles. The van der Waals surface area contributed by atoms with Crippen molar-refractivity contribution in [1.82, 2.24) is 0 Å². The van der Waals surface area contributed by atoms with Gasteiger partial charge in [0.15, 0.2) is 0 Å². The van der Waals surface area contributed by atoms with E-state index in [1.54, 1.807) is 6.92 Å². The molecule has 3 fully saturated rings. The minimum Gasteiger partial charge on any atom is -0.462 e. The van der Waals surface area contributed by atoms with Gasteiger partial charge in [0.05, 0.1) is 36.2 Å². The number of imide groups is 1. The minimum atomic E-state index is -0.417. The molecular weight excluding hydrogens is 414 g/mol. The number of esters is 1. The van der Waals surface area contributed by atoms with Crippen LogP contribution in [-0.2, 0) is 31.9 Å². The predicted molar refractivity (Wildman–Crippen MR) is 117 cm³/mol. The zero-order chi connectivity index (χ0) is 22.1. The molecule has 2 amide bonds. The fourth-order valence-electron chi connectivity index (χ4n) is 6.01. The number of carbonyl (C=O) groups excluding carboxylic acids is 3. The van der Waals surface area contributed by atoms with Gasteiger partial charge < -0.3 is 9.47 Å². The van der Waals surface area contributed by atoms with Crippen LogP contribution in [0.5, 0.6) is 0 Å². The predicted octanol–water partition coefficient (Wildman–Crippen LogP) is 4.13. The molecule has 0 aromatic carbocycles. The molecule has 3 saturated heterocycles. The zero-order valence-electron chi connectivity index (χ0n) is 18.7. The molecule has 1 aromatic heterocycles. The van der Waals surface area contributed by atoms with Gasteiger partial charge in [-0.3, -0.25) is 9.59 Å². The van der Waals surface area contributed by atoms with E-state index in [4.69, 9.17) is 9.47 Å². The Morgan fingerprint density at radius 2 is 1.77 bits per heavy atom. The highest BCUT2D eigenvalue weighted by molar-refractivity contribution is 7.17. The van der Waals surface area contributed by atoms with Crippen LogP contribution in [0.2, 0.25) is 0 Å². The lowest BCUT2D eigenvalue weighted by Crippen LogP contribution is -2.34. The molecule has 7 heteroatoms. The van der Waals surface area contributed by atoms with Crippen molar-refractivity contribution in [2.24, 2.45) is 23.2 Å². The quantitative estimate of drug-likeness (QED) is 0.503. The molecule has 0 radical (unpaired) electrons. The first-order valence-electron chi connectivity index (χ1n) is 11.6. The lowest BCUT2D eigenvalue weighted by molar-refractivity contribution is -0.124. The largest absolute Gasteiger partial charge is 0.462 e. The second-order valence-corrected chi connectivity index (χ2v) is 11.1. The second kappa shape index (κ2) is 7.41. The molecular formula is C24H31NO5S. The molecule has 2 bridgehead atoms. The van der Waals surface area contributed by atoms with Crippen LogP contribution in [-0.4, -0.2) is 36.6 Å². The summed E-state index contributed by atoms with van der Waals surface area (Å²) in [7, 11) is 0. The van der Waals surface area contributed by atoms with E-state index in [-0.39, 0.29) is 36.0 Å². The van der Waals surface area contributed by atoms with Crippen LogP contribution in [0.1, 0.15) is 74.2 Å². The van der Waals surface area contributed by atoms with Crippen molar-refractivity contribution in [1.29, 1.82) is 0 Å². The van der Waals surface area contributed by atoms with Gasteiger partial charge in [-0.1, -0.05) is 27.2 Å². The number of hydrogen-bond donors (Lipinski definition) is 0. The minimum absolute atomic E-state index is 0.160. The second-order valence-electron chi connectivity index (χ2n) is 10.0. The number of anilines is 1. The summed E-state index contributed by atoms with van der Waals surface area (Å²) in [6, 6.07) is 0. The number of nitrogens with zero attached hydrogens (tertiary/aromatic N) is 1. The number of hydrogen-bond acceptors (Lipinski definition) is 6. The van der Waals surface area contributed by atoms with Gasteiger partial charge in [-0.25, -0.2) is 9.69 Å². The molecule has 5 rings (SSSR count). The van der Waals surface area contributed by atoms with Crippen molar-refractivity contribution in [2.75, 3.05) is 11.5 Å². The van der Waals surface area contributed by atoms with Gasteiger partial charge >= 0.3 is 5.97 Å². The van der Waals surface area contributed by atoms with Crippen molar-refractivity contribution in [3.8, 4) is 0 Å². The highest BCUT2D eigenvalue weighted by Crippen LogP contribution is 2.53. The summed E-state index contributed by atoms with van der Waals surface area (Å²) in [4.78, 5) is 42.2. The third-order valence-corrected chi connectivity index (χ3v) is 9.47. The Morgan fingerprint density at radius 1 is 1.13 bits per heavy atom. The summed E-state index contributed by atoms with van der Waals surface area (Å²) in [5.74, 6) is -1.09. The van der Waals surface area contributed by atoms with E-state index in [0.717, 1.165) is 49.0 Å². The maximum Gasteiger partial charge on any atom is 0.341 e. The van der Waals surface area contributed by atoms with Gasteiger partial charge in [-0.15, -0.1) is 11.3 Å². The topological polar surface area (TPSA) is 72.9 Å². The van der Waals surface area contributed by atoms with E-state index < -0.39 is 17.8 Å². The summed E-state index contributed by atoms with van der Waals surface area (Å²) in [6.45, 7) is 8.86. The van der Waals surface area contributed by atoms with Crippen LogP contribution in [0.25, 0.3) is 0 Å². The Kier molecular flexibility index (Phi) is 5.05. The monoisotopic (exact) mass is 445 g/mol. The first-order valence-corrected chi connectivity index (χ1v) is 12.4. The number of amides is 2. The van der Waals surface area contributed by atoms with Crippen molar-refractivity contribution in [3.05, 3.63) is 16.0 Å². The lowest BCUT2D eigenvalue weighted by Gasteiger charge is -2.36. The summed E-state index contributed by atoms with van der Waals surface area (Å²) in [6.07, 6.45) is 5.10. The standard InChI is InChI=1S/C24H31NO5S/c1-5-24(3,4)12-7-8-13-16(11-12)31-22(17(13)23(28)29-6-2)25-20(26)18-14-9-10-15(30-14)19(18)21(25)27/h12,14-15,18-19H,5-11H2,1-4H3/t12-,14+,15+,18-,19-/m0/s1. The van der Waals surface area contributed by atoms with Crippen molar-refractivity contribution in [3.63, 3.8) is 0 Å². The van der Waals surface area contributed by atoms with E-state index in [1.807, 2.05) is 0 Å². The van der Waals surface area contributed by atoms with Gasteiger partial charge in [-0.2, -0.15) is 0 Å². The Morgan fingerprint density at radius 3 is 2.35 bits per heavy atom. The van der Waals surface area contributed by atoms with Gasteiger partial charge in [0.25, 0.3) is 0 Å². The Hall–Kier alpha value is -1.73. The van der Waals surface area contributed by atoms with Gasteiger partial charge in [0.2, 0.25) is 11.8 Å². The van der Waals surface area contributed by atoms with Crippen molar-refractivity contribution < 1.29 is 23.9 Å². The highest BCUT2D eigenvalue weighted by atomic mass is 32.1. The van der Waals surface area contributed by atoms with Crippen molar-refractivity contribution >= 4 is 34.1 Å². The van der Waals surface area contributed by atoms with E-state index >= 15 is 0 Å². The molecule has 4 aliphatic rings. The van der Waals surface area contributed by atoms with Crippen LogP contribution in [0.4, 0.5) is 5.00 Å². The van der Waals surface area contributed by atoms with Gasteiger partial charge in [-0.05, 0) is 55.9 Å². The van der Waals surface area contributed by atoms with Crippen LogP contribution in [0.3, 0.4) is 0 Å². The van der Waals surface area contributed by atoms with E-state index in [1.165, 1.54) is 16.2 Å². The maximum absolute atomic E-state index is 13.4. The first-order chi connectivity index (χ1) is 14.8. The molecule has 1 aromatic rings. The number of ether oxygens (including phenoxy) is 2. The maximum atomic E-state index is 13.4. The third-order valence-electron chi connectivity index (χ3n) is 8.23. The molecule has 0 saturated carbocycles. The number of thiophene rings is 1. The number of carbonyl (C=O) groups is 3. The molecule has 0 unspecified atom stereocenters. The highest BCUT2D eigenvalue weighted by Gasteiger charge is 2.63. The van der Waals surface area contributed by atoms with Crippen LogP contribution >= 0.6 is 11.3 Å². The van der Waals surface area contributed by atoms with Gasteiger partial charge in [0, 0.05) is 4.88 Å². The van der Waals surface area contributed by atoms with Crippen molar-refractivity contribution in [2.45, 2.75) is 78.4 Å². The fourth-order valence-corrected chi connectivity index (χ4v) is 7.44. The summed E-state index contributed by atoms with van der Waals surface area (Å²) in [5, 5.41) is 0.488. The lowest BCUT2D eigenvalue weighted by atomic mass is 9.69. The van der Waals surface area contributed by atoms with Crippen LogP contribution < -0.4 is 4.90 Å². The normalized spacial score (nSPS) is 31.9. The molecule has 168 valence electrons. The van der Waals surface area contributed by atoms with Gasteiger partial charge in [0.1, 0.15) is 5.00 Å². The van der Waals surface area contributed by atoms with Crippen LogP contribution in [0, 0.1) is 23.2 Å². The van der Waals surface area contributed by atoms with E-state index in [9.17, 15) is 14.4 Å². The zero-order valence-corrected chi connectivity index (χ0v) is 19.5. The Bertz CT molecular complexity index is 922. The molecule has 6 nitrogen and oxygen atoms in total. The SMILES string of the molecule is CCOC(=O)c1c(N2C(=O)[C@@H]3[C@@H](C2=O)[C@H]2CC[C@H]3O2)sc2c1CC[C@H](C(C)(C)CC)C2. The fraction of sp³-hybridized carbons (Fsp3) is 0.708. The smallest absolute Gasteiger partial charge is 0.341 e. The number of fused-ring (bicyclic) bond motifs is 6. The summed E-state index contributed by atoms with van der Waals surface area (Å²) < 4.78 is 11.2. The van der Waals surface area contributed by atoms with E-state index in [0.29, 0.717) is 16.5 Å². The average molecular weight is 446 g/mol. The first kappa shape index (κ1) is 21.1. The summed E-state index contributed by atoms with van der Waals surface area (Å²) >= 11 is 1.46. The molecule has 5 atom stereocenters. The van der Waals surface area contributed by atoms with E-state index in [2.05, 4.69) is 20.8 Å². The Labute approximate surface area is 187 Å².